The Morgan fingerprint density at radius 2 is 1.81 bits per heavy atom. The molecule has 0 saturated carbocycles. The first-order valence-electron chi connectivity index (χ1n) is 7.57. The summed E-state index contributed by atoms with van der Waals surface area (Å²) in [7, 11) is 0. The minimum atomic E-state index is -0.0434. The van der Waals surface area contributed by atoms with E-state index in [4.69, 9.17) is 0 Å². The lowest BCUT2D eigenvalue weighted by atomic mass is 9.87. The molecule has 114 valence electrons. The molecule has 4 heteroatoms. The van der Waals surface area contributed by atoms with Gasteiger partial charge in [-0.1, -0.05) is 63.6 Å². The van der Waals surface area contributed by atoms with Crippen molar-refractivity contribution in [1.82, 2.24) is 15.0 Å². The van der Waals surface area contributed by atoms with Crippen molar-refractivity contribution in [1.29, 1.82) is 0 Å². The predicted octanol–water partition coefficient (Wildman–Crippen LogP) is 3.07. The summed E-state index contributed by atoms with van der Waals surface area (Å²) >= 11 is 0. The van der Waals surface area contributed by atoms with Gasteiger partial charge in [-0.15, -0.1) is 5.10 Å². The number of benzene rings is 1. The molecule has 0 radical (unpaired) electrons. The van der Waals surface area contributed by atoms with Gasteiger partial charge in [0.15, 0.2) is 0 Å². The van der Waals surface area contributed by atoms with Gasteiger partial charge in [0, 0.05) is 0 Å². The van der Waals surface area contributed by atoms with Crippen LogP contribution >= 0.6 is 0 Å². The van der Waals surface area contributed by atoms with Gasteiger partial charge in [-0.25, -0.2) is 4.68 Å². The molecule has 0 amide bonds. The van der Waals surface area contributed by atoms with E-state index >= 15 is 0 Å². The van der Waals surface area contributed by atoms with E-state index in [9.17, 15) is 5.11 Å². The van der Waals surface area contributed by atoms with Gasteiger partial charge in [-0.3, -0.25) is 0 Å². The van der Waals surface area contributed by atoms with Crippen molar-refractivity contribution in [2.75, 3.05) is 0 Å². The summed E-state index contributed by atoms with van der Waals surface area (Å²) in [5.41, 5.74) is 4.44. The fourth-order valence-electron chi connectivity index (χ4n) is 2.41. The lowest BCUT2D eigenvalue weighted by Gasteiger charge is -2.19. The van der Waals surface area contributed by atoms with Crippen molar-refractivity contribution in [3.8, 4) is 0 Å². The van der Waals surface area contributed by atoms with Crippen molar-refractivity contribution in [3.63, 3.8) is 0 Å². The zero-order valence-electron chi connectivity index (χ0n) is 13.4. The summed E-state index contributed by atoms with van der Waals surface area (Å²) in [5.74, 6) is 0. The van der Waals surface area contributed by atoms with Crippen LogP contribution in [0.15, 0.2) is 24.3 Å². The molecule has 0 aliphatic carbocycles. The molecule has 2 aromatic rings. The monoisotopic (exact) mass is 287 g/mol. The zero-order valence-corrected chi connectivity index (χ0v) is 13.4. The average Bonchev–Trinajstić information content (AvgIpc) is 2.81. The summed E-state index contributed by atoms with van der Waals surface area (Å²) in [6.45, 7) is 9.42. The minimum absolute atomic E-state index is 0.0434. The number of nitrogens with zero attached hydrogens (tertiary/aromatic N) is 3. The summed E-state index contributed by atoms with van der Waals surface area (Å²) in [6, 6.07) is 8.66. The lowest BCUT2D eigenvalue weighted by molar-refractivity contribution is 0.275. The van der Waals surface area contributed by atoms with Crippen LogP contribution in [-0.2, 0) is 25.0 Å². The smallest absolute Gasteiger partial charge is 0.111 e. The molecule has 0 aliphatic rings. The SMILES string of the molecule is CCCc1c(CO)nnn1Cc1ccc(C(C)(C)C)cc1. The number of hydrogen-bond acceptors (Lipinski definition) is 3. The van der Waals surface area contributed by atoms with Gasteiger partial charge in [-0.2, -0.15) is 0 Å². The van der Waals surface area contributed by atoms with Crippen LogP contribution in [0, 0.1) is 0 Å². The molecule has 0 saturated heterocycles. The Bertz CT molecular complexity index is 579. The first kappa shape index (κ1) is 15.7. The molecule has 1 N–H and O–H groups in total. The Morgan fingerprint density at radius 1 is 1.14 bits per heavy atom. The van der Waals surface area contributed by atoms with Gasteiger partial charge >= 0.3 is 0 Å². The number of hydrogen-bond donors (Lipinski definition) is 1. The minimum Gasteiger partial charge on any atom is -0.390 e. The van der Waals surface area contributed by atoms with Gasteiger partial charge in [0.2, 0.25) is 0 Å². The molecule has 0 bridgehead atoms. The van der Waals surface area contributed by atoms with E-state index in [-0.39, 0.29) is 12.0 Å². The van der Waals surface area contributed by atoms with Crippen molar-refractivity contribution in [3.05, 3.63) is 46.8 Å². The van der Waals surface area contributed by atoms with Crippen LogP contribution in [0.3, 0.4) is 0 Å². The van der Waals surface area contributed by atoms with Crippen LogP contribution in [0.25, 0.3) is 0 Å². The largest absolute Gasteiger partial charge is 0.390 e. The van der Waals surface area contributed by atoms with E-state index in [1.807, 2.05) is 4.68 Å². The highest BCUT2D eigenvalue weighted by Crippen LogP contribution is 2.22. The first-order valence-corrected chi connectivity index (χ1v) is 7.57. The maximum absolute atomic E-state index is 9.33. The molecule has 0 spiro atoms. The van der Waals surface area contributed by atoms with E-state index in [2.05, 4.69) is 62.3 Å². The number of rotatable bonds is 5. The van der Waals surface area contributed by atoms with Crippen LogP contribution in [0.1, 0.15) is 56.6 Å². The number of aromatic nitrogens is 3. The fraction of sp³-hybridized carbons (Fsp3) is 0.529. The third-order valence-corrected chi connectivity index (χ3v) is 3.71. The van der Waals surface area contributed by atoms with Crippen LogP contribution in [0.5, 0.6) is 0 Å². The molecular formula is C17H25N3O. The predicted molar refractivity (Wildman–Crippen MR) is 84.2 cm³/mol. The van der Waals surface area contributed by atoms with E-state index in [1.165, 1.54) is 11.1 Å². The molecule has 1 aromatic carbocycles. The van der Waals surface area contributed by atoms with Crippen LogP contribution < -0.4 is 0 Å². The third kappa shape index (κ3) is 3.70. The molecule has 4 nitrogen and oxygen atoms in total. The highest BCUT2D eigenvalue weighted by atomic mass is 16.3. The van der Waals surface area contributed by atoms with Crippen LogP contribution in [0.4, 0.5) is 0 Å². The van der Waals surface area contributed by atoms with Crippen LogP contribution in [-0.4, -0.2) is 20.1 Å². The molecule has 0 unspecified atom stereocenters. The van der Waals surface area contributed by atoms with Gasteiger partial charge in [0.1, 0.15) is 5.69 Å². The van der Waals surface area contributed by atoms with Crippen molar-refractivity contribution in [2.24, 2.45) is 0 Å². The van der Waals surface area contributed by atoms with Gasteiger partial charge in [0.25, 0.3) is 0 Å². The third-order valence-electron chi connectivity index (χ3n) is 3.71. The number of aliphatic hydroxyl groups excluding tert-OH is 1. The molecule has 1 heterocycles. The second-order valence-electron chi connectivity index (χ2n) is 6.50. The van der Waals surface area contributed by atoms with E-state index in [0.717, 1.165) is 18.5 Å². The molecule has 2 rings (SSSR count). The Morgan fingerprint density at radius 3 is 2.33 bits per heavy atom. The standard InChI is InChI=1S/C17H25N3O/c1-5-6-16-15(12-21)18-19-20(16)11-13-7-9-14(10-8-13)17(2,3)4/h7-10,21H,5-6,11-12H2,1-4H3. The summed E-state index contributed by atoms with van der Waals surface area (Å²) in [6.07, 6.45) is 1.91. The fourth-order valence-corrected chi connectivity index (χ4v) is 2.41. The topological polar surface area (TPSA) is 50.9 Å². The highest BCUT2D eigenvalue weighted by Gasteiger charge is 2.14. The molecule has 0 atom stereocenters. The van der Waals surface area contributed by atoms with Gasteiger partial charge in [-0.05, 0) is 23.0 Å². The molecule has 21 heavy (non-hydrogen) atoms. The lowest BCUT2D eigenvalue weighted by Crippen LogP contribution is -2.11. The van der Waals surface area contributed by atoms with Crippen molar-refractivity contribution in [2.45, 2.75) is 59.1 Å². The molecular weight excluding hydrogens is 262 g/mol. The molecule has 1 aromatic heterocycles. The maximum atomic E-state index is 9.33. The summed E-state index contributed by atoms with van der Waals surface area (Å²) < 4.78 is 1.90. The first-order chi connectivity index (χ1) is 9.95. The normalized spacial score (nSPS) is 11.9. The summed E-state index contributed by atoms with van der Waals surface area (Å²) in [5, 5.41) is 17.6. The Hall–Kier alpha value is -1.68. The Kier molecular flexibility index (Phi) is 4.78. The highest BCUT2D eigenvalue weighted by molar-refractivity contribution is 5.28. The van der Waals surface area contributed by atoms with Crippen molar-refractivity contribution < 1.29 is 5.11 Å². The van der Waals surface area contributed by atoms with E-state index in [0.29, 0.717) is 12.2 Å². The maximum Gasteiger partial charge on any atom is 0.111 e. The number of aliphatic hydroxyl groups is 1. The molecule has 0 aliphatic heterocycles. The molecule has 0 fully saturated rings. The summed E-state index contributed by atoms with van der Waals surface area (Å²) in [4.78, 5) is 0. The van der Waals surface area contributed by atoms with E-state index < -0.39 is 0 Å². The van der Waals surface area contributed by atoms with Crippen molar-refractivity contribution >= 4 is 0 Å². The van der Waals surface area contributed by atoms with Gasteiger partial charge < -0.3 is 5.11 Å². The van der Waals surface area contributed by atoms with E-state index in [1.54, 1.807) is 0 Å². The van der Waals surface area contributed by atoms with Gasteiger partial charge in [0.05, 0.1) is 18.8 Å². The second kappa shape index (κ2) is 6.39. The Balaban J connectivity index is 2.20. The Labute approximate surface area is 126 Å². The van der Waals surface area contributed by atoms with Crippen LogP contribution in [0.2, 0.25) is 0 Å². The zero-order chi connectivity index (χ0) is 15.5. The second-order valence-corrected chi connectivity index (χ2v) is 6.50. The average molecular weight is 287 g/mol. The quantitative estimate of drug-likeness (QED) is 0.919.